The highest BCUT2D eigenvalue weighted by Crippen LogP contribution is 2.22. The predicted molar refractivity (Wildman–Crippen MR) is 128 cm³/mol. The van der Waals surface area contributed by atoms with E-state index in [0.29, 0.717) is 25.1 Å². The largest absolute Gasteiger partial charge is 0.462 e. The molecule has 0 saturated heterocycles. The van der Waals surface area contributed by atoms with Gasteiger partial charge in [0.15, 0.2) is 5.96 Å². The molecule has 180 valence electrons. The van der Waals surface area contributed by atoms with Crippen molar-refractivity contribution < 1.29 is 9.53 Å². The highest BCUT2D eigenvalue weighted by atomic mass is 16.5. The summed E-state index contributed by atoms with van der Waals surface area (Å²) in [4.78, 5) is 21.4. The Labute approximate surface area is 192 Å². The quantitative estimate of drug-likeness (QED) is 0.154. The third-order valence-electron chi connectivity index (χ3n) is 6.00. The summed E-state index contributed by atoms with van der Waals surface area (Å²) in [6.07, 6.45) is 15.2. The van der Waals surface area contributed by atoms with E-state index in [1.54, 1.807) is 0 Å². The summed E-state index contributed by atoms with van der Waals surface area (Å²) in [5.41, 5.74) is 13.2. The first-order chi connectivity index (χ1) is 15.5. The third-order valence-corrected chi connectivity index (χ3v) is 6.00. The first kappa shape index (κ1) is 25.9. The number of nitrogens with zero attached hydrogens (tertiary/aromatic N) is 3. The van der Waals surface area contributed by atoms with E-state index in [0.717, 1.165) is 56.5 Å². The Morgan fingerprint density at radius 3 is 2.44 bits per heavy atom. The summed E-state index contributed by atoms with van der Waals surface area (Å²) in [6, 6.07) is 0. The number of nitrogens with two attached hydrogens (primary N) is 2. The highest BCUT2D eigenvalue weighted by molar-refractivity contribution is 5.92. The standard InChI is InChI=1S/C24H42N6O2/c1-2-3-4-5-6-7-8-9-10-14-19-21(20-15-13-17-30(20)24(27)29-19)22(31)32-18-12-11-16-28-23(25)26/h27H,2-18H2,1H3,(H4,25,26,28). The van der Waals surface area contributed by atoms with Gasteiger partial charge in [0.05, 0.1) is 12.3 Å². The molecule has 0 aromatic carbocycles. The van der Waals surface area contributed by atoms with Crippen molar-refractivity contribution in [3.8, 4) is 0 Å². The van der Waals surface area contributed by atoms with Crippen LogP contribution in [0.3, 0.4) is 0 Å². The van der Waals surface area contributed by atoms with Crippen molar-refractivity contribution in [1.82, 2.24) is 9.55 Å². The van der Waals surface area contributed by atoms with Crippen LogP contribution in [0, 0.1) is 5.41 Å². The third kappa shape index (κ3) is 8.63. The van der Waals surface area contributed by atoms with Crippen LogP contribution in [0.4, 0.5) is 0 Å². The van der Waals surface area contributed by atoms with E-state index < -0.39 is 0 Å². The second kappa shape index (κ2) is 14.6. The van der Waals surface area contributed by atoms with Gasteiger partial charge >= 0.3 is 5.97 Å². The molecule has 1 aliphatic heterocycles. The molecule has 0 unspecified atom stereocenters. The first-order valence-corrected chi connectivity index (χ1v) is 12.4. The minimum Gasteiger partial charge on any atom is -0.462 e. The lowest BCUT2D eigenvalue weighted by atomic mass is 10.0. The van der Waals surface area contributed by atoms with Gasteiger partial charge in [-0.2, -0.15) is 0 Å². The predicted octanol–water partition coefficient (Wildman–Crippen LogP) is 3.59. The van der Waals surface area contributed by atoms with Crippen molar-refractivity contribution >= 4 is 11.9 Å². The van der Waals surface area contributed by atoms with Crippen LogP contribution in [-0.4, -0.2) is 34.6 Å². The Balaban J connectivity index is 1.87. The number of nitrogens with one attached hydrogen (secondary N) is 1. The van der Waals surface area contributed by atoms with Gasteiger partial charge in [0, 0.05) is 18.8 Å². The molecule has 5 N–H and O–H groups in total. The Kier molecular flexibility index (Phi) is 11.8. The molecule has 1 aromatic rings. The van der Waals surface area contributed by atoms with Crippen LogP contribution in [-0.2, 0) is 24.1 Å². The highest BCUT2D eigenvalue weighted by Gasteiger charge is 2.25. The van der Waals surface area contributed by atoms with Gasteiger partial charge in [0.1, 0.15) is 5.56 Å². The van der Waals surface area contributed by atoms with E-state index >= 15 is 0 Å². The summed E-state index contributed by atoms with van der Waals surface area (Å²) in [7, 11) is 0. The maximum absolute atomic E-state index is 12.9. The molecule has 0 aliphatic carbocycles. The van der Waals surface area contributed by atoms with Crippen molar-refractivity contribution in [3.05, 3.63) is 22.6 Å². The van der Waals surface area contributed by atoms with Gasteiger partial charge in [-0.3, -0.25) is 10.4 Å². The summed E-state index contributed by atoms with van der Waals surface area (Å²) < 4.78 is 7.42. The van der Waals surface area contributed by atoms with Gasteiger partial charge in [-0.1, -0.05) is 58.3 Å². The zero-order chi connectivity index (χ0) is 23.2. The zero-order valence-corrected chi connectivity index (χ0v) is 19.8. The topological polar surface area (TPSA) is 132 Å². The van der Waals surface area contributed by atoms with Crippen molar-refractivity contribution in [2.75, 3.05) is 13.2 Å². The molecule has 8 nitrogen and oxygen atoms in total. The Morgan fingerprint density at radius 1 is 1.06 bits per heavy atom. The number of unbranched alkanes of at least 4 members (excludes halogenated alkanes) is 9. The summed E-state index contributed by atoms with van der Waals surface area (Å²) in [6.45, 7) is 3.85. The molecule has 32 heavy (non-hydrogen) atoms. The maximum atomic E-state index is 12.9. The van der Waals surface area contributed by atoms with Crippen LogP contribution < -0.4 is 17.1 Å². The molecule has 0 radical (unpaired) electrons. The van der Waals surface area contributed by atoms with E-state index in [-0.39, 0.29) is 17.5 Å². The van der Waals surface area contributed by atoms with Gasteiger partial charge < -0.3 is 20.8 Å². The Hall–Kier alpha value is -2.38. The Morgan fingerprint density at radius 2 is 1.75 bits per heavy atom. The van der Waals surface area contributed by atoms with Crippen molar-refractivity contribution in [2.24, 2.45) is 16.5 Å². The van der Waals surface area contributed by atoms with Crippen LogP contribution in [0.5, 0.6) is 0 Å². The van der Waals surface area contributed by atoms with Crippen molar-refractivity contribution in [3.63, 3.8) is 0 Å². The fraction of sp³-hybridized carbons (Fsp3) is 0.750. The van der Waals surface area contributed by atoms with Crippen molar-refractivity contribution in [1.29, 1.82) is 5.41 Å². The van der Waals surface area contributed by atoms with Gasteiger partial charge in [0.25, 0.3) is 0 Å². The number of hydrogen-bond acceptors (Lipinski definition) is 5. The summed E-state index contributed by atoms with van der Waals surface area (Å²) in [5, 5.41) is 8.27. The number of fused-ring (bicyclic) bond motifs is 1. The number of ether oxygens (including phenoxy) is 1. The molecule has 0 amide bonds. The molecule has 2 heterocycles. The van der Waals surface area contributed by atoms with Gasteiger partial charge in [0.2, 0.25) is 5.62 Å². The molecule has 0 spiro atoms. The van der Waals surface area contributed by atoms with Crippen LogP contribution in [0.1, 0.15) is 106 Å². The fourth-order valence-corrected chi connectivity index (χ4v) is 4.26. The first-order valence-electron chi connectivity index (χ1n) is 12.4. The van der Waals surface area contributed by atoms with Crippen LogP contribution in [0.25, 0.3) is 0 Å². The number of guanidine groups is 1. The fourth-order valence-electron chi connectivity index (χ4n) is 4.26. The number of esters is 1. The van der Waals surface area contributed by atoms with Gasteiger partial charge in [-0.05, 0) is 38.5 Å². The second-order valence-electron chi connectivity index (χ2n) is 8.69. The smallest absolute Gasteiger partial charge is 0.341 e. The zero-order valence-electron chi connectivity index (χ0n) is 19.8. The number of hydrogen-bond donors (Lipinski definition) is 3. The number of aromatic nitrogens is 2. The van der Waals surface area contributed by atoms with E-state index in [1.807, 2.05) is 4.57 Å². The van der Waals surface area contributed by atoms with E-state index in [2.05, 4.69) is 16.9 Å². The molecule has 1 aromatic heterocycles. The molecular formula is C24H42N6O2. The molecule has 0 saturated carbocycles. The number of aliphatic imine (C=N–C) groups is 1. The lowest BCUT2D eigenvalue weighted by molar-refractivity contribution is 0.0494. The Bertz CT molecular complexity index is 798. The molecule has 0 atom stereocenters. The van der Waals surface area contributed by atoms with E-state index in [4.69, 9.17) is 21.6 Å². The van der Waals surface area contributed by atoms with Gasteiger partial charge in [-0.15, -0.1) is 0 Å². The molecule has 8 heteroatoms. The monoisotopic (exact) mass is 446 g/mol. The molecule has 2 rings (SSSR count). The van der Waals surface area contributed by atoms with Gasteiger partial charge in [-0.25, -0.2) is 9.78 Å². The molecule has 0 fully saturated rings. The molecule has 0 bridgehead atoms. The average Bonchev–Trinajstić information content (AvgIpc) is 3.25. The molecular weight excluding hydrogens is 404 g/mol. The van der Waals surface area contributed by atoms with E-state index in [9.17, 15) is 4.79 Å². The lowest BCUT2D eigenvalue weighted by Crippen LogP contribution is -2.28. The van der Waals surface area contributed by atoms with E-state index in [1.165, 1.54) is 44.9 Å². The number of carbonyl (C=O) groups excluding carboxylic acids is 1. The van der Waals surface area contributed by atoms with Crippen molar-refractivity contribution in [2.45, 2.75) is 103 Å². The lowest BCUT2D eigenvalue weighted by Gasteiger charge is -2.14. The minimum atomic E-state index is -0.309. The normalized spacial score (nSPS) is 12.5. The second-order valence-corrected chi connectivity index (χ2v) is 8.69. The number of carbonyl (C=O) groups is 1. The number of aryl methyl sites for hydroxylation is 1. The van der Waals surface area contributed by atoms with Crippen LogP contribution in [0.15, 0.2) is 4.99 Å². The summed E-state index contributed by atoms with van der Waals surface area (Å²) in [5.74, 6) is -0.229. The SMILES string of the molecule is CCCCCCCCCCCc1nc(=N)n2c(c1C(=O)OCCCCN=C(N)N)CCC2. The summed E-state index contributed by atoms with van der Waals surface area (Å²) >= 11 is 0. The van der Waals surface area contributed by atoms with Crippen LogP contribution in [0.2, 0.25) is 0 Å². The average molecular weight is 447 g/mol. The maximum Gasteiger partial charge on any atom is 0.341 e. The molecule has 1 aliphatic rings. The minimum absolute atomic E-state index is 0.0808. The van der Waals surface area contributed by atoms with Crippen LogP contribution >= 0.6 is 0 Å². The number of rotatable bonds is 16.